The summed E-state index contributed by atoms with van der Waals surface area (Å²) in [6.45, 7) is 7.81. The Kier molecular flexibility index (Phi) is 3.86. The van der Waals surface area contributed by atoms with Gasteiger partial charge in [0.15, 0.2) is 0 Å². The van der Waals surface area contributed by atoms with Crippen molar-refractivity contribution in [1.29, 1.82) is 0 Å². The maximum Gasteiger partial charge on any atom is 0.123 e. The second kappa shape index (κ2) is 4.75. The molecule has 0 aliphatic rings. The van der Waals surface area contributed by atoms with E-state index in [1.165, 1.54) is 12.1 Å². The fraction of sp³-hybridized carbons (Fsp3) is 0.538. The summed E-state index contributed by atoms with van der Waals surface area (Å²) in [5.41, 5.74) is 1.95. The lowest BCUT2D eigenvalue weighted by atomic mass is 9.82. The molecule has 0 amide bonds. The molecule has 0 saturated carbocycles. The summed E-state index contributed by atoms with van der Waals surface area (Å²) in [7, 11) is 0. The zero-order chi connectivity index (χ0) is 11.6. The highest BCUT2D eigenvalue weighted by atomic mass is 19.1. The normalized spacial score (nSPS) is 15.4. The van der Waals surface area contributed by atoms with Gasteiger partial charge in [0.1, 0.15) is 5.82 Å². The molecule has 15 heavy (non-hydrogen) atoms. The second-order valence-electron chi connectivity index (χ2n) is 4.51. The summed E-state index contributed by atoms with van der Waals surface area (Å²) in [4.78, 5) is 0. The Morgan fingerprint density at radius 2 is 1.80 bits per heavy atom. The molecule has 0 aliphatic carbocycles. The smallest absolute Gasteiger partial charge is 0.123 e. The zero-order valence-electron chi connectivity index (χ0n) is 9.79. The van der Waals surface area contributed by atoms with Crippen LogP contribution in [0.3, 0.4) is 0 Å². The Morgan fingerprint density at radius 3 is 2.20 bits per heavy atom. The summed E-state index contributed by atoms with van der Waals surface area (Å²) < 4.78 is 13.0. The molecule has 0 fully saturated rings. The van der Waals surface area contributed by atoms with Crippen molar-refractivity contribution in [2.75, 3.05) is 0 Å². The van der Waals surface area contributed by atoms with Crippen molar-refractivity contribution in [3.63, 3.8) is 0 Å². The Bertz CT molecular complexity index is 323. The van der Waals surface area contributed by atoms with Crippen molar-refractivity contribution in [3.8, 4) is 0 Å². The molecule has 1 N–H and O–H groups in total. The number of aliphatic hydroxyl groups is 1. The number of rotatable bonds is 3. The first kappa shape index (κ1) is 12.2. The van der Waals surface area contributed by atoms with Crippen molar-refractivity contribution < 1.29 is 9.50 Å². The molecule has 0 heterocycles. The minimum atomic E-state index is -0.408. The minimum Gasteiger partial charge on any atom is -0.393 e. The van der Waals surface area contributed by atoms with Gasteiger partial charge in [0, 0.05) is 5.92 Å². The van der Waals surface area contributed by atoms with Gasteiger partial charge >= 0.3 is 0 Å². The average molecular weight is 210 g/mol. The van der Waals surface area contributed by atoms with Crippen molar-refractivity contribution in [1.82, 2.24) is 0 Å². The first-order valence-electron chi connectivity index (χ1n) is 5.37. The highest BCUT2D eigenvalue weighted by Gasteiger charge is 2.22. The van der Waals surface area contributed by atoms with E-state index in [0.29, 0.717) is 5.92 Å². The highest BCUT2D eigenvalue weighted by molar-refractivity contribution is 5.31. The lowest BCUT2D eigenvalue weighted by molar-refractivity contribution is 0.140. The van der Waals surface area contributed by atoms with Crippen LogP contribution in [-0.4, -0.2) is 11.2 Å². The summed E-state index contributed by atoms with van der Waals surface area (Å²) in [5.74, 6) is 0.198. The predicted octanol–water partition coefficient (Wildman–Crippen LogP) is 3.25. The third-order valence-corrected chi connectivity index (χ3v) is 2.83. The molecular formula is C13H19FO. The third-order valence-electron chi connectivity index (χ3n) is 2.83. The number of halogens is 1. The quantitative estimate of drug-likeness (QED) is 0.812. The van der Waals surface area contributed by atoms with Gasteiger partial charge < -0.3 is 5.11 Å². The van der Waals surface area contributed by atoms with Crippen molar-refractivity contribution in [2.24, 2.45) is 5.92 Å². The SMILES string of the molecule is Cc1cc(F)ccc1[C@H](C(C)C)[C@@H](C)O. The average Bonchev–Trinajstić information content (AvgIpc) is 2.08. The molecule has 0 unspecified atom stereocenters. The molecule has 1 nitrogen and oxygen atoms in total. The Hall–Kier alpha value is -0.890. The number of benzene rings is 1. The van der Waals surface area contributed by atoms with Crippen LogP contribution >= 0.6 is 0 Å². The summed E-state index contributed by atoms with van der Waals surface area (Å²) in [6, 6.07) is 4.76. The molecule has 2 heteroatoms. The van der Waals surface area contributed by atoms with Crippen LogP contribution in [0.25, 0.3) is 0 Å². The van der Waals surface area contributed by atoms with E-state index in [0.717, 1.165) is 11.1 Å². The van der Waals surface area contributed by atoms with Crippen LogP contribution < -0.4 is 0 Å². The van der Waals surface area contributed by atoms with Gasteiger partial charge in [-0.05, 0) is 43.0 Å². The van der Waals surface area contributed by atoms with Crippen molar-refractivity contribution in [3.05, 3.63) is 35.1 Å². The van der Waals surface area contributed by atoms with Gasteiger partial charge in [-0.1, -0.05) is 19.9 Å². The third kappa shape index (κ3) is 2.78. The zero-order valence-corrected chi connectivity index (χ0v) is 9.79. The van der Waals surface area contributed by atoms with Gasteiger partial charge in [-0.15, -0.1) is 0 Å². The van der Waals surface area contributed by atoms with E-state index in [-0.39, 0.29) is 11.7 Å². The largest absolute Gasteiger partial charge is 0.393 e. The first-order valence-corrected chi connectivity index (χ1v) is 5.37. The van der Waals surface area contributed by atoms with Crippen LogP contribution in [0.1, 0.15) is 37.8 Å². The molecule has 1 aromatic rings. The van der Waals surface area contributed by atoms with E-state index in [2.05, 4.69) is 13.8 Å². The molecule has 0 bridgehead atoms. The van der Waals surface area contributed by atoms with Crippen LogP contribution in [0.4, 0.5) is 4.39 Å². The standard InChI is InChI=1S/C13H19FO/c1-8(2)13(10(4)15)12-6-5-11(14)7-9(12)3/h5-8,10,13,15H,1-4H3/t10-,13-/m1/s1. The lowest BCUT2D eigenvalue weighted by Gasteiger charge is -2.25. The highest BCUT2D eigenvalue weighted by Crippen LogP contribution is 2.30. The molecule has 1 rings (SSSR count). The van der Waals surface area contributed by atoms with Crippen molar-refractivity contribution in [2.45, 2.75) is 39.7 Å². The monoisotopic (exact) mass is 210 g/mol. The lowest BCUT2D eigenvalue weighted by Crippen LogP contribution is -2.21. The summed E-state index contributed by atoms with van der Waals surface area (Å²) in [5, 5.41) is 9.74. The van der Waals surface area contributed by atoms with Gasteiger partial charge in [0.2, 0.25) is 0 Å². The molecule has 0 radical (unpaired) electrons. The van der Waals surface area contributed by atoms with Crippen molar-refractivity contribution >= 4 is 0 Å². The Morgan fingerprint density at radius 1 is 1.20 bits per heavy atom. The van der Waals surface area contributed by atoms with Crippen LogP contribution in [0.15, 0.2) is 18.2 Å². The molecule has 84 valence electrons. The summed E-state index contributed by atoms with van der Waals surface area (Å²) in [6.07, 6.45) is -0.408. The molecule has 0 aromatic heterocycles. The maximum atomic E-state index is 13.0. The number of hydrogen-bond donors (Lipinski definition) is 1. The van der Waals surface area contributed by atoms with E-state index < -0.39 is 6.10 Å². The Labute approximate surface area is 90.9 Å². The first-order chi connectivity index (χ1) is 6.93. The number of hydrogen-bond acceptors (Lipinski definition) is 1. The van der Waals surface area contributed by atoms with Crippen LogP contribution in [0.5, 0.6) is 0 Å². The van der Waals surface area contributed by atoms with Gasteiger partial charge in [0.25, 0.3) is 0 Å². The maximum absolute atomic E-state index is 13.0. The van der Waals surface area contributed by atoms with E-state index in [1.807, 2.05) is 6.92 Å². The Balaban J connectivity index is 3.12. The second-order valence-corrected chi connectivity index (χ2v) is 4.51. The molecule has 1 aromatic carbocycles. The van der Waals surface area contributed by atoms with E-state index in [1.54, 1.807) is 13.0 Å². The van der Waals surface area contributed by atoms with Crippen LogP contribution in [0, 0.1) is 18.7 Å². The van der Waals surface area contributed by atoms with Gasteiger partial charge in [0.05, 0.1) is 6.10 Å². The molecular weight excluding hydrogens is 191 g/mol. The van der Waals surface area contributed by atoms with E-state index in [4.69, 9.17) is 0 Å². The number of aliphatic hydroxyl groups excluding tert-OH is 1. The van der Waals surface area contributed by atoms with Gasteiger partial charge in [-0.3, -0.25) is 0 Å². The van der Waals surface area contributed by atoms with Crippen LogP contribution in [-0.2, 0) is 0 Å². The van der Waals surface area contributed by atoms with Crippen LogP contribution in [0.2, 0.25) is 0 Å². The van der Waals surface area contributed by atoms with Gasteiger partial charge in [-0.25, -0.2) is 4.39 Å². The fourth-order valence-electron chi connectivity index (χ4n) is 2.19. The number of aryl methyl sites for hydroxylation is 1. The molecule has 2 atom stereocenters. The summed E-state index contributed by atoms with van der Waals surface area (Å²) >= 11 is 0. The van der Waals surface area contributed by atoms with E-state index >= 15 is 0 Å². The predicted molar refractivity (Wildman–Crippen MR) is 60.4 cm³/mol. The molecule has 0 aliphatic heterocycles. The molecule has 0 spiro atoms. The van der Waals surface area contributed by atoms with Gasteiger partial charge in [-0.2, -0.15) is 0 Å². The fourth-order valence-corrected chi connectivity index (χ4v) is 2.19. The topological polar surface area (TPSA) is 20.2 Å². The van der Waals surface area contributed by atoms with E-state index in [9.17, 15) is 9.50 Å². The molecule has 0 saturated heterocycles. The minimum absolute atomic E-state index is 0.0746.